The van der Waals surface area contributed by atoms with Crippen molar-refractivity contribution in [3.05, 3.63) is 36.0 Å². The van der Waals surface area contributed by atoms with Crippen LogP contribution in [0, 0.1) is 5.41 Å². The Balaban J connectivity index is 1.63. The van der Waals surface area contributed by atoms with Crippen LogP contribution in [0.1, 0.15) is 31.2 Å². The third-order valence-electron chi connectivity index (χ3n) is 5.09. The van der Waals surface area contributed by atoms with Gasteiger partial charge in [-0.05, 0) is 31.4 Å². The van der Waals surface area contributed by atoms with E-state index in [2.05, 4.69) is 22.9 Å². The van der Waals surface area contributed by atoms with Crippen molar-refractivity contribution in [3.63, 3.8) is 0 Å². The summed E-state index contributed by atoms with van der Waals surface area (Å²) in [6, 6.07) is 8.32. The minimum atomic E-state index is -0.0443. The largest absolute Gasteiger partial charge is 0.350 e. The van der Waals surface area contributed by atoms with Gasteiger partial charge in [-0.3, -0.25) is 4.79 Å². The van der Waals surface area contributed by atoms with Crippen LogP contribution in [0.5, 0.6) is 0 Å². The molecule has 2 aromatic rings. The van der Waals surface area contributed by atoms with Gasteiger partial charge in [0.1, 0.15) is 0 Å². The van der Waals surface area contributed by atoms with Crippen molar-refractivity contribution < 1.29 is 4.79 Å². The summed E-state index contributed by atoms with van der Waals surface area (Å²) in [5.74, 6) is 0.246. The molecule has 104 valence electrons. The summed E-state index contributed by atoms with van der Waals surface area (Å²) < 4.78 is 2.12. The van der Waals surface area contributed by atoms with E-state index in [1.54, 1.807) is 0 Å². The lowest BCUT2D eigenvalue weighted by atomic mass is 9.92. The second-order valence-corrected chi connectivity index (χ2v) is 6.63. The molecule has 1 saturated heterocycles. The third-order valence-corrected chi connectivity index (χ3v) is 5.09. The van der Waals surface area contributed by atoms with Crippen LogP contribution in [0.15, 0.2) is 30.5 Å². The number of fused-ring (bicyclic) bond motifs is 1. The Bertz CT molecular complexity index is 688. The van der Waals surface area contributed by atoms with Gasteiger partial charge in [0.05, 0.1) is 5.92 Å². The zero-order valence-electron chi connectivity index (χ0n) is 12.1. The fourth-order valence-corrected chi connectivity index (χ4v) is 3.54. The van der Waals surface area contributed by atoms with Crippen molar-refractivity contribution in [1.82, 2.24) is 9.47 Å². The number of benzene rings is 1. The molecule has 3 nitrogen and oxygen atoms in total. The molecular weight excluding hydrogens is 248 g/mol. The van der Waals surface area contributed by atoms with E-state index >= 15 is 0 Å². The Morgan fingerprint density at radius 3 is 2.65 bits per heavy atom. The summed E-state index contributed by atoms with van der Waals surface area (Å²) in [6.45, 7) is 4.02. The zero-order valence-corrected chi connectivity index (χ0v) is 12.1. The summed E-state index contributed by atoms with van der Waals surface area (Å²) in [6.07, 6.45) is 4.75. The molecule has 0 bridgehead atoms. The molecule has 1 aliphatic heterocycles. The summed E-state index contributed by atoms with van der Waals surface area (Å²) >= 11 is 0. The van der Waals surface area contributed by atoms with Gasteiger partial charge in [0.25, 0.3) is 0 Å². The van der Waals surface area contributed by atoms with Crippen LogP contribution in [-0.2, 0) is 11.8 Å². The highest BCUT2D eigenvalue weighted by Crippen LogP contribution is 2.53. The van der Waals surface area contributed by atoms with Gasteiger partial charge >= 0.3 is 0 Å². The van der Waals surface area contributed by atoms with Gasteiger partial charge in [0.2, 0.25) is 5.91 Å². The molecule has 3 heteroatoms. The third kappa shape index (κ3) is 1.62. The molecule has 4 rings (SSSR count). The minimum absolute atomic E-state index is 0.0443. The van der Waals surface area contributed by atoms with Gasteiger partial charge in [-0.15, -0.1) is 0 Å². The Kier molecular flexibility index (Phi) is 2.33. The van der Waals surface area contributed by atoms with E-state index in [1.165, 1.54) is 23.7 Å². The summed E-state index contributed by atoms with van der Waals surface area (Å²) in [4.78, 5) is 14.7. The maximum absolute atomic E-state index is 12.6. The van der Waals surface area contributed by atoms with Crippen molar-refractivity contribution in [3.8, 4) is 0 Å². The van der Waals surface area contributed by atoms with Crippen molar-refractivity contribution >= 4 is 16.8 Å². The highest BCUT2D eigenvalue weighted by molar-refractivity contribution is 5.92. The van der Waals surface area contributed by atoms with E-state index in [9.17, 15) is 4.79 Å². The molecule has 1 aliphatic carbocycles. The van der Waals surface area contributed by atoms with Crippen molar-refractivity contribution in [2.45, 2.75) is 25.7 Å². The van der Waals surface area contributed by atoms with E-state index in [4.69, 9.17) is 0 Å². The molecular formula is C17H20N2O. The molecule has 1 unspecified atom stereocenters. The van der Waals surface area contributed by atoms with Crippen molar-refractivity contribution in [1.29, 1.82) is 0 Å². The summed E-state index contributed by atoms with van der Waals surface area (Å²) in [7, 11) is 2.05. The first-order chi connectivity index (χ1) is 9.60. The van der Waals surface area contributed by atoms with Gasteiger partial charge in [-0.1, -0.05) is 18.2 Å². The summed E-state index contributed by atoms with van der Waals surface area (Å²) in [5, 5.41) is 1.21. The number of carbonyl (C=O) groups is 1. The SMILES string of the molecule is CC(C(=O)N1CC2(CC2)C1)c1cn(C)c2ccccc12. The lowest BCUT2D eigenvalue weighted by molar-refractivity contribution is -0.139. The van der Waals surface area contributed by atoms with Gasteiger partial charge in [0, 0.05) is 42.7 Å². The number of aryl methyl sites for hydroxylation is 1. The molecule has 1 aromatic heterocycles. The number of nitrogens with zero attached hydrogens (tertiary/aromatic N) is 2. The maximum Gasteiger partial charge on any atom is 0.229 e. The number of amides is 1. The predicted molar refractivity (Wildman–Crippen MR) is 79.6 cm³/mol. The molecule has 2 aliphatic rings. The van der Waals surface area contributed by atoms with Crippen LogP contribution in [0.4, 0.5) is 0 Å². The van der Waals surface area contributed by atoms with Crippen molar-refractivity contribution in [2.75, 3.05) is 13.1 Å². The monoisotopic (exact) mass is 268 g/mol. The minimum Gasteiger partial charge on any atom is -0.350 e. The zero-order chi connectivity index (χ0) is 13.9. The molecule has 1 amide bonds. The van der Waals surface area contributed by atoms with E-state index < -0.39 is 0 Å². The smallest absolute Gasteiger partial charge is 0.229 e. The maximum atomic E-state index is 12.6. The fraction of sp³-hybridized carbons (Fsp3) is 0.471. The van der Waals surface area contributed by atoms with Gasteiger partial charge in [-0.25, -0.2) is 0 Å². The average molecular weight is 268 g/mol. The molecule has 1 spiro atoms. The number of para-hydroxylation sites is 1. The van der Waals surface area contributed by atoms with Crippen LogP contribution in [0.2, 0.25) is 0 Å². The molecule has 2 heterocycles. The van der Waals surface area contributed by atoms with E-state index in [0.29, 0.717) is 11.3 Å². The standard InChI is InChI=1S/C17H20N2O/c1-12(16(20)19-10-17(11-19)7-8-17)14-9-18(2)15-6-4-3-5-13(14)15/h3-6,9,12H,7-8,10-11H2,1-2H3. The first-order valence-electron chi connectivity index (χ1n) is 7.42. The summed E-state index contributed by atoms with van der Waals surface area (Å²) in [5.41, 5.74) is 2.89. The van der Waals surface area contributed by atoms with Gasteiger partial charge in [0.15, 0.2) is 0 Å². The van der Waals surface area contributed by atoms with Gasteiger partial charge < -0.3 is 9.47 Å². The van der Waals surface area contributed by atoms with E-state index in [-0.39, 0.29) is 5.92 Å². The van der Waals surface area contributed by atoms with Crippen LogP contribution in [0.25, 0.3) is 10.9 Å². The first kappa shape index (κ1) is 12.0. The molecule has 1 saturated carbocycles. The lowest BCUT2D eigenvalue weighted by Crippen LogP contribution is -2.52. The Morgan fingerprint density at radius 1 is 1.25 bits per heavy atom. The fourth-order valence-electron chi connectivity index (χ4n) is 3.54. The first-order valence-corrected chi connectivity index (χ1v) is 7.42. The molecule has 0 N–H and O–H groups in total. The highest BCUT2D eigenvalue weighted by Gasteiger charge is 2.54. The highest BCUT2D eigenvalue weighted by atomic mass is 16.2. The number of hydrogen-bond acceptors (Lipinski definition) is 1. The quantitative estimate of drug-likeness (QED) is 0.822. The molecule has 1 atom stereocenters. The number of carbonyl (C=O) groups excluding carboxylic acids is 1. The van der Waals surface area contributed by atoms with Crippen LogP contribution < -0.4 is 0 Å². The Hall–Kier alpha value is -1.77. The molecule has 20 heavy (non-hydrogen) atoms. The lowest BCUT2D eigenvalue weighted by Gasteiger charge is -2.41. The second kappa shape index (κ2) is 3.87. The van der Waals surface area contributed by atoms with Crippen LogP contribution in [-0.4, -0.2) is 28.5 Å². The predicted octanol–water partition coefficient (Wildman–Crippen LogP) is 2.90. The van der Waals surface area contributed by atoms with Crippen LogP contribution in [0.3, 0.4) is 0 Å². The van der Waals surface area contributed by atoms with E-state index in [0.717, 1.165) is 18.7 Å². The Labute approximate surface area is 119 Å². The number of aromatic nitrogens is 1. The van der Waals surface area contributed by atoms with Crippen molar-refractivity contribution in [2.24, 2.45) is 12.5 Å². The topological polar surface area (TPSA) is 25.2 Å². The number of hydrogen-bond donors (Lipinski definition) is 0. The molecule has 2 fully saturated rings. The normalized spacial score (nSPS) is 21.0. The Morgan fingerprint density at radius 2 is 1.95 bits per heavy atom. The van der Waals surface area contributed by atoms with E-state index in [1.807, 2.05) is 31.0 Å². The van der Waals surface area contributed by atoms with Crippen LogP contribution >= 0.6 is 0 Å². The van der Waals surface area contributed by atoms with Gasteiger partial charge in [-0.2, -0.15) is 0 Å². The molecule has 0 radical (unpaired) electrons. The second-order valence-electron chi connectivity index (χ2n) is 6.63. The molecule has 1 aromatic carbocycles. The number of likely N-dealkylation sites (tertiary alicyclic amines) is 1. The number of rotatable bonds is 2. The average Bonchev–Trinajstić information content (AvgIpc) is 3.16.